The van der Waals surface area contributed by atoms with Gasteiger partial charge in [-0.25, -0.2) is 4.79 Å². The molecule has 168 valence electrons. The quantitative estimate of drug-likeness (QED) is 0.232. The molecule has 0 bridgehead atoms. The van der Waals surface area contributed by atoms with Crippen LogP contribution in [0.1, 0.15) is 41.5 Å². The molecular weight excluding hydrogens is 492 g/mol. The third-order valence-corrected chi connectivity index (χ3v) is 7.30. The van der Waals surface area contributed by atoms with Gasteiger partial charge in [0.2, 0.25) is 0 Å². The van der Waals surface area contributed by atoms with E-state index in [2.05, 4.69) is 10.6 Å². The third-order valence-electron chi connectivity index (χ3n) is 5.46. The Morgan fingerprint density at radius 1 is 0.941 bits per heavy atom. The van der Waals surface area contributed by atoms with E-state index < -0.39 is 5.97 Å². The number of rotatable bonds is 3. The summed E-state index contributed by atoms with van der Waals surface area (Å²) in [6.07, 6.45) is 0. The molecule has 1 aliphatic carbocycles. The molecule has 0 atom stereocenters. The van der Waals surface area contributed by atoms with E-state index >= 15 is 0 Å². The molecule has 0 radical (unpaired) electrons. The van der Waals surface area contributed by atoms with Gasteiger partial charge in [0.1, 0.15) is 4.88 Å². The summed E-state index contributed by atoms with van der Waals surface area (Å²) in [7, 11) is 1.30. The minimum Gasteiger partial charge on any atom is -0.465 e. The number of fused-ring (bicyclic) bond motifs is 3. The lowest BCUT2D eigenvalue weighted by atomic mass is 9.83. The van der Waals surface area contributed by atoms with Crippen LogP contribution < -0.4 is 10.6 Å². The van der Waals surface area contributed by atoms with E-state index in [1.165, 1.54) is 18.4 Å². The molecule has 9 heteroatoms. The predicted octanol–water partition coefficient (Wildman–Crippen LogP) is 5.93. The number of ketones is 2. The SMILES string of the molecule is COC(=O)c1sc2cc(NC(=S)Nc3cccc4c3C(=O)c3ccccc3C4=O)ccc2c1Cl. The number of benzene rings is 3. The fourth-order valence-corrected chi connectivity index (χ4v) is 5.59. The number of hydrogen-bond acceptors (Lipinski definition) is 6. The fraction of sp³-hybridized carbons (Fsp3) is 0.0400. The van der Waals surface area contributed by atoms with Crippen molar-refractivity contribution < 1.29 is 19.1 Å². The van der Waals surface area contributed by atoms with Gasteiger partial charge in [0, 0.05) is 32.5 Å². The fourth-order valence-electron chi connectivity index (χ4n) is 3.90. The standard InChI is InChI=1S/C25H15ClN2O4S2/c1-32-24(31)23-20(26)15-10-9-12(11-18(15)34-23)27-25(33)28-17-8-4-7-16-19(17)22(30)14-6-3-2-5-13(14)21(16)29/h2-11H,1H3,(H2,27,28,33). The van der Waals surface area contributed by atoms with E-state index in [1.807, 2.05) is 6.07 Å². The van der Waals surface area contributed by atoms with E-state index in [1.54, 1.807) is 54.6 Å². The number of methoxy groups -OCH3 is 1. The Morgan fingerprint density at radius 2 is 1.65 bits per heavy atom. The Kier molecular flexibility index (Phi) is 5.65. The summed E-state index contributed by atoms with van der Waals surface area (Å²) in [5.41, 5.74) is 2.50. The first kappa shape index (κ1) is 22.2. The Bertz CT molecular complexity index is 1540. The molecule has 1 heterocycles. The van der Waals surface area contributed by atoms with Crippen LogP contribution in [0, 0.1) is 0 Å². The highest BCUT2D eigenvalue weighted by Crippen LogP contribution is 2.37. The predicted molar refractivity (Wildman–Crippen MR) is 138 cm³/mol. The van der Waals surface area contributed by atoms with Crippen LogP contribution in [0.25, 0.3) is 10.1 Å². The van der Waals surface area contributed by atoms with Gasteiger partial charge in [-0.15, -0.1) is 11.3 Å². The Labute approximate surface area is 208 Å². The number of halogens is 1. The smallest absolute Gasteiger partial charge is 0.349 e. The molecule has 0 saturated carbocycles. The van der Waals surface area contributed by atoms with Gasteiger partial charge in [0.05, 0.1) is 23.4 Å². The van der Waals surface area contributed by atoms with Crippen molar-refractivity contribution in [2.24, 2.45) is 0 Å². The zero-order valence-electron chi connectivity index (χ0n) is 17.6. The molecule has 3 aromatic carbocycles. The summed E-state index contributed by atoms with van der Waals surface area (Å²) < 4.78 is 5.57. The minimum absolute atomic E-state index is 0.200. The number of nitrogens with one attached hydrogen (secondary N) is 2. The third kappa shape index (κ3) is 3.66. The van der Waals surface area contributed by atoms with Crippen molar-refractivity contribution in [1.29, 1.82) is 0 Å². The number of thiophene rings is 1. The number of ether oxygens (including phenoxy) is 1. The van der Waals surface area contributed by atoms with Crippen LogP contribution in [-0.4, -0.2) is 29.8 Å². The van der Waals surface area contributed by atoms with Crippen molar-refractivity contribution in [3.8, 4) is 0 Å². The first-order valence-electron chi connectivity index (χ1n) is 10.1. The highest BCUT2D eigenvalue weighted by molar-refractivity contribution is 7.80. The van der Waals surface area contributed by atoms with Crippen LogP contribution in [0.3, 0.4) is 0 Å². The monoisotopic (exact) mass is 506 g/mol. The topological polar surface area (TPSA) is 84.5 Å². The Hall–Kier alpha value is -3.59. The number of anilines is 2. The van der Waals surface area contributed by atoms with Crippen LogP contribution in [0.2, 0.25) is 5.02 Å². The largest absolute Gasteiger partial charge is 0.465 e. The lowest BCUT2D eigenvalue weighted by Gasteiger charge is -2.21. The minimum atomic E-state index is -0.493. The number of esters is 1. The normalized spacial score (nSPS) is 12.2. The van der Waals surface area contributed by atoms with Gasteiger partial charge in [-0.1, -0.05) is 48.0 Å². The molecule has 0 aliphatic heterocycles. The van der Waals surface area contributed by atoms with Crippen LogP contribution in [0.15, 0.2) is 60.7 Å². The number of carbonyl (C=O) groups is 3. The summed E-state index contributed by atoms with van der Waals surface area (Å²) in [5, 5.41) is 7.44. The van der Waals surface area contributed by atoms with Crippen LogP contribution in [0.4, 0.5) is 11.4 Å². The van der Waals surface area contributed by atoms with E-state index in [4.69, 9.17) is 28.6 Å². The molecule has 34 heavy (non-hydrogen) atoms. The van der Waals surface area contributed by atoms with E-state index in [-0.39, 0.29) is 16.7 Å². The van der Waals surface area contributed by atoms with Gasteiger partial charge < -0.3 is 15.4 Å². The van der Waals surface area contributed by atoms with Gasteiger partial charge in [0.15, 0.2) is 16.7 Å². The van der Waals surface area contributed by atoms with Crippen molar-refractivity contribution in [3.05, 3.63) is 92.8 Å². The van der Waals surface area contributed by atoms with Crippen molar-refractivity contribution in [2.75, 3.05) is 17.7 Å². The molecule has 1 aliphatic rings. The van der Waals surface area contributed by atoms with Crippen LogP contribution >= 0.6 is 35.2 Å². The molecule has 6 nitrogen and oxygen atoms in total. The molecule has 2 N–H and O–H groups in total. The van der Waals surface area contributed by atoms with Crippen molar-refractivity contribution in [3.63, 3.8) is 0 Å². The van der Waals surface area contributed by atoms with E-state index in [0.717, 1.165) is 10.1 Å². The molecule has 0 spiro atoms. The number of thiocarbonyl (C=S) groups is 1. The summed E-state index contributed by atoms with van der Waals surface area (Å²) in [6.45, 7) is 0. The van der Waals surface area contributed by atoms with E-state index in [9.17, 15) is 14.4 Å². The second kappa shape index (κ2) is 8.64. The van der Waals surface area contributed by atoms with E-state index in [0.29, 0.717) is 43.5 Å². The Morgan fingerprint density at radius 3 is 2.38 bits per heavy atom. The maximum atomic E-state index is 13.2. The van der Waals surface area contributed by atoms with Crippen molar-refractivity contribution >= 4 is 79.3 Å². The average Bonchev–Trinajstić information content (AvgIpc) is 3.17. The lowest BCUT2D eigenvalue weighted by Crippen LogP contribution is -2.25. The van der Waals surface area contributed by atoms with Crippen LogP contribution in [-0.2, 0) is 4.74 Å². The van der Waals surface area contributed by atoms with Crippen LogP contribution in [0.5, 0.6) is 0 Å². The zero-order valence-corrected chi connectivity index (χ0v) is 20.0. The lowest BCUT2D eigenvalue weighted by molar-refractivity contribution is 0.0606. The summed E-state index contributed by atoms with van der Waals surface area (Å²) in [5.74, 6) is -0.928. The first-order valence-corrected chi connectivity index (χ1v) is 11.7. The molecule has 0 saturated heterocycles. The summed E-state index contributed by atoms with van der Waals surface area (Å²) >= 11 is 13.0. The van der Waals surface area contributed by atoms with Gasteiger partial charge in [0.25, 0.3) is 0 Å². The molecule has 0 fully saturated rings. The maximum Gasteiger partial charge on any atom is 0.349 e. The molecular formula is C25H15ClN2O4S2. The number of hydrogen-bond donors (Lipinski definition) is 2. The second-order valence-corrected chi connectivity index (χ2v) is 9.30. The zero-order chi connectivity index (χ0) is 24.0. The summed E-state index contributed by atoms with van der Waals surface area (Å²) in [6, 6.07) is 17.2. The number of carbonyl (C=O) groups excluding carboxylic acids is 3. The maximum absolute atomic E-state index is 13.2. The molecule has 1 aromatic heterocycles. The highest BCUT2D eigenvalue weighted by Gasteiger charge is 2.31. The van der Waals surface area contributed by atoms with Gasteiger partial charge in [-0.2, -0.15) is 0 Å². The van der Waals surface area contributed by atoms with Gasteiger partial charge in [-0.3, -0.25) is 9.59 Å². The molecule has 0 unspecified atom stereocenters. The first-order chi connectivity index (χ1) is 16.4. The average molecular weight is 507 g/mol. The summed E-state index contributed by atoms with van der Waals surface area (Å²) in [4.78, 5) is 38.4. The second-order valence-electron chi connectivity index (χ2n) is 7.46. The Balaban J connectivity index is 1.42. The van der Waals surface area contributed by atoms with Gasteiger partial charge in [-0.05, 0) is 36.5 Å². The van der Waals surface area contributed by atoms with Gasteiger partial charge >= 0.3 is 5.97 Å². The molecule has 0 amide bonds. The van der Waals surface area contributed by atoms with Crippen molar-refractivity contribution in [1.82, 2.24) is 0 Å². The molecule has 4 aromatic rings. The highest BCUT2D eigenvalue weighted by atomic mass is 35.5. The van der Waals surface area contributed by atoms with Crippen molar-refractivity contribution in [2.45, 2.75) is 0 Å². The molecule has 5 rings (SSSR count).